The van der Waals surface area contributed by atoms with E-state index in [0.29, 0.717) is 5.69 Å². The molecule has 0 aliphatic rings. The maximum Gasteiger partial charge on any atom is 0.294 e. The number of benzene rings is 1. The highest BCUT2D eigenvalue weighted by molar-refractivity contribution is 5.65. The molecule has 6 nitrogen and oxygen atoms in total. The van der Waals surface area contributed by atoms with Gasteiger partial charge in [0.05, 0.1) is 16.9 Å². The van der Waals surface area contributed by atoms with Crippen LogP contribution in [0.5, 0.6) is 0 Å². The van der Waals surface area contributed by atoms with Crippen LogP contribution in [0.1, 0.15) is 5.56 Å². The first-order valence-electron chi connectivity index (χ1n) is 4.62. The molecule has 2 N–H and O–H groups in total. The Bertz CT molecular complexity index is 534. The molecule has 2 rings (SSSR count). The Morgan fingerprint density at radius 3 is 2.81 bits per heavy atom. The summed E-state index contributed by atoms with van der Waals surface area (Å²) in [4.78, 5) is 14.2. The topological polar surface area (TPSA) is 87.0 Å². The van der Waals surface area contributed by atoms with E-state index in [1.807, 2.05) is 6.92 Å². The van der Waals surface area contributed by atoms with E-state index in [0.717, 1.165) is 5.56 Å². The van der Waals surface area contributed by atoms with Crippen molar-refractivity contribution >= 4 is 11.4 Å². The number of nitro groups is 1. The van der Waals surface area contributed by atoms with E-state index in [1.165, 1.54) is 6.07 Å². The van der Waals surface area contributed by atoms with Gasteiger partial charge in [-0.3, -0.25) is 10.1 Å². The summed E-state index contributed by atoms with van der Waals surface area (Å²) in [6.07, 6.45) is 4.92. The molecular formula is C10H10N4O2. The Labute approximate surface area is 91.5 Å². The van der Waals surface area contributed by atoms with E-state index in [4.69, 9.17) is 5.73 Å². The number of imidazole rings is 1. The molecule has 2 aromatic rings. The zero-order valence-electron chi connectivity index (χ0n) is 8.62. The molecule has 0 amide bonds. The van der Waals surface area contributed by atoms with Gasteiger partial charge in [0, 0.05) is 18.5 Å². The fraction of sp³-hybridized carbons (Fsp3) is 0.100. The third-order valence-electron chi connectivity index (χ3n) is 2.32. The number of nitrogens with zero attached hydrogens (tertiary/aromatic N) is 3. The van der Waals surface area contributed by atoms with E-state index in [9.17, 15) is 10.1 Å². The molecule has 0 aliphatic carbocycles. The van der Waals surface area contributed by atoms with Crippen molar-refractivity contribution in [3.05, 3.63) is 46.5 Å². The van der Waals surface area contributed by atoms with Crippen LogP contribution in [0.4, 0.5) is 11.4 Å². The lowest BCUT2D eigenvalue weighted by atomic mass is 10.1. The molecule has 0 saturated carbocycles. The summed E-state index contributed by atoms with van der Waals surface area (Å²) in [6.45, 7) is 1.84. The number of hydrogen-bond acceptors (Lipinski definition) is 4. The summed E-state index contributed by atoms with van der Waals surface area (Å²) in [7, 11) is 0. The lowest BCUT2D eigenvalue weighted by Crippen LogP contribution is -2.01. The maximum atomic E-state index is 10.8. The zero-order chi connectivity index (χ0) is 11.7. The van der Waals surface area contributed by atoms with Gasteiger partial charge >= 0.3 is 0 Å². The molecule has 0 spiro atoms. The number of aryl methyl sites for hydroxylation is 1. The smallest absolute Gasteiger partial charge is 0.294 e. The van der Waals surface area contributed by atoms with Crippen LogP contribution in [0.3, 0.4) is 0 Å². The Hall–Kier alpha value is -2.37. The summed E-state index contributed by atoms with van der Waals surface area (Å²) in [5.41, 5.74) is 7.23. The van der Waals surface area contributed by atoms with E-state index in [2.05, 4.69) is 4.98 Å². The van der Waals surface area contributed by atoms with Gasteiger partial charge in [0.2, 0.25) is 0 Å². The number of hydrogen-bond donors (Lipinski definition) is 1. The zero-order valence-corrected chi connectivity index (χ0v) is 8.62. The van der Waals surface area contributed by atoms with Crippen molar-refractivity contribution in [3.8, 4) is 5.69 Å². The molecular weight excluding hydrogens is 208 g/mol. The standard InChI is InChI=1S/C10H10N4O2/c1-7-4-8(11)10(14(15)16)5-9(7)13-3-2-12-6-13/h2-6H,11H2,1H3. The normalized spacial score (nSPS) is 10.3. The summed E-state index contributed by atoms with van der Waals surface area (Å²) < 4.78 is 1.71. The van der Waals surface area contributed by atoms with E-state index < -0.39 is 4.92 Å². The Balaban J connectivity index is 2.63. The minimum absolute atomic E-state index is 0.0886. The lowest BCUT2D eigenvalue weighted by molar-refractivity contribution is -0.383. The molecule has 0 atom stereocenters. The highest BCUT2D eigenvalue weighted by atomic mass is 16.6. The molecule has 6 heteroatoms. The quantitative estimate of drug-likeness (QED) is 0.472. The Morgan fingerprint density at radius 1 is 1.50 bits per heavy atom. The van der Waals surface area contributed by atoms with Crippen LogP contribution in [0.25, 0.3) is 5.69 Å². The third-order valence-corrected chi connectivity index (χ3v) is 2.32. The number of nitro benzene ring substituents is 1. The summed E-state index contributed by atoms with van der Waals surface area (Å²) in [5.74, 6) is 0. The molecule has 82 valence electrons. The largest absolute Gasteiger partial charge is 0.393 e. The Kier molecular flexibility index (Phi) is 2.32. The van der Waals surface area contributed by atoms with Crippen LogP contribution in [0.15, 0.2) is 30.9 Å². The number of anilines is 1. The van der Waals surface area contributed by atoms with E-state index in [1.54, 1.807) is 29.4 Å². The van der Waals surface area contributed by atoms with E-state index in [-0.39, 0.29) is 11.4 Å². The molecule has 0 aliphatic heterocycles. The van der Waals surface area contributed by atoms with Gasteiger partial charge in [-0.25, -0.2) is 4.98 Å². The van der Waals surface area contributed by atoms with Gasteiger partial charge < -0.3 is 10.3 Å². The first-order valence-corrected chi connectivity index (χ1v) is 4.62. The van der Waals surface area contributed by atoms with Crippen molar-refractivity contribution in [2.45, 2.75) is 6.92 Å². The predicted octanol–water partition coefficient (Wildman–Crippen LogP) is 1.67. The minimum Gasteiger partial charge on any atom is -0.393 e. The second-order valence-corrected chi connectivity index (χ2v) is 3.42. The van der Waals surface area contributed by atoms with Crippen LogP contribution in [-0.4, -0.2) is 14.5 Å². The van der Waals surface area contributed by atoms with Gasteiger partial charge in [-0.1, -0.05) is 0 Å². The average Bonchev–Trinajstić information content (AvgIpc) is 2.70. The van der Waals surface area contributed by atoms with Crippen molar-refractivity contribution in [1.29, 1.82) is 0 Å². The minimum atomic E-state index is -0.491. The van der Waals surface area contributed by atoms with Crippen LogP contribution >= 0.6 is 0 Å². The average molecular weight is 218 g/mol. The first-order chi connectivity index (χ1) is 7.59. The Morgan fingerprint density at radius 2 is 2.25 bits per heavy atom. The van der Waals surface area contributed by atoms with Gasteiger partial charge in [0.15, 0.2) is 0 Å². The number of aromatic nitrogens is 2. The molecule has 0 fully saturated rings. The molecule has 0 radical (unpaired) electrons. The van der Waals surface area contributed by atoms with Crippen LogP contribution in [-0.2, 0) is 0 Å². The molecule has 0 saturated heterocycles. The summed E-state index contributed by atoms with van der Waals surface area (Å²) >= 11 is 0. The SMILES string of the molecule is Cc1cc(N)c([N+](=O)[O-])cc1-n1ccnc1. The molecule has 1 aromatic heterocycles. The molecule has 0 bridgehead atoms. The van der Waals surface area contributed by atoms with Crippen molar-refractivity contribution in [3.63, 3.8) is 0 Å². The molecule has 1 aromatic carbocycles. The second kappa shape index (κ2) is 3.65. The number of nitrogen functional groups attached to an aromatic ring is 1. The monoisotopic (exact) mass is 218 g/mol. The second-order valence-electron chi connectivity index (χ2n) is 3.42. The molecule has 0 unspecified atom stereocenters. The molecule has 1 heterocycles. The van der Waals surface area contributed by atoms with Crippen molar-refractivity contribution < 1.29 is 4.92 Å². The van der Waals surface area contributed by atoms with Gasteiger partial charge in [-0.15, -0.1) is 0 Å². The maximum absolute atomic E-state index is 10.8. The summed E-state index contributed by atoms with van der Waals surface area (Å²) in [5, 5.41) is 10.8. The van der Waals surface area contributed by atoms with E-state index >= 15 is 0 Å². The van der Waals surface area contributed by atoms with Crippen molar-refractivity contribution in [1.82, 2.24) is 9.55 Å². The molecule has 16 heavy (non-hydrogen) atoms. The van der Waals surface area contributed by atoms with Crippen LogP contribution in [0.2, 0.25) is 0 Å². The van der Waals surface area contributed by atoms with Crippen molar-refractivity contribution in [2.24, 2.45) is 0 Å². The third kappa shape index (κ3) is 1.60. The predicted molar refractivity (Wildman–Crippen MR) is 59.4 cm³/mol. The van der Waals surface area contributed by atoms with Gasteiger partial charge in [-0.2, -0.15) is 0 Å². The summed E-state index contributed by atoms with van der Waals surface area (Å²) in [6, 6.07) is 3.04. The fourth-order valence-electron chi connectivity index (χ4n) is 1.55. The number of nitrogens with two attached hydrogens (primary N) is 1. The van der Waals surface area contributed by atoms with Gasteiger partial charge in [0.25, 0.3) is 5.69 Å². The van der Waals surface area contributed by atoms with Crippen LogP contribution in [0, 0.1) is 17.0 Å². The van der Waals surface area contributed by atoms with Crippen molar-refractivity contribution in [2.75, 3.05) is 5.73 Å². The van der Waals surface area contributed by atoms with Crippen LogP contribution < -0.4 is 5.73 Å². The lowest BCUT2D eigenvalue weighted by Gasteiger charge is -2.07. The highest BCUT2D eigenvalue weighted by Crippen LogP contribution is 2.27. The fourth-order valence-corrected chi connectivity index (χ4v) is 1.55. The van der Waals surface area contributed by atoms with Gasteiger partial charge in [-0.05, 0) is 18.6 Å². The number of rotatable bonds is 2. The highest BCUT2D eigenvalue weighted by Gasteiger charge is 2.14. The van der Waals surface area contributed by atoms with Gasteiger partial charge in [0.1, 0.15) is 5.69 Å². The first kappa shape index (κ1) is 10.2.